The highest BCUT2D eigenvalue weighted by Gasteiger charge is 2.35. The lowest BCUT2D eigenvalue weighted by atomic mass is 10.0. The molecule has 1 unspecified atom stereocenters. The smallest absolute Gasteiger partial charge is 0.417 e. The monoisotopic (exact) mass is 407 g/mol. The molecule has 2 rings (SSSR count). The Labute approximate surface area is 168 Å². The molecule has 2 aromatic rings. The molecule has 156 valence electrons. The molecule has 0 saturated heterocycles. The molecule has 0 heterocycles. The van der Waals surface area contributed by atoms with E-state index < -0.39 is 23.7 Å². The number of benzene rings is 2. The Bertz CT molecular complexity index is 848. The number of hydrogen-bond donors (Lipinski definition) is 1. The molecule has 7 heteroatoms. The van der Waals surface area contributed by atoms with Crippen LogP contribution in [-0.2, 0) is 4.79 Å². The summed E-state index contributed by atoms with van der Waals surface area (Å²) in [5, 5.41) is 2.58. The third-order valence-electron chi connectivity index (χ3n) is 4.09. The Morgan fingerprint density at radius 3 is 2.24 bits per heavy atom. The van der Waals surface area contributed by atoms with E-state index in [4.69, 9.17) is 9.47 Å². The maximum absolute atomic E-state index is 13.4. The van der Waals surface area contributed by atoms with Gasteiger partial charge in [-0.05, 0) is 44.0 Å². The Kier molecular flexibility index (Phi) is 7.70. The summed E-state index contributed by atoms with van der Waals surface area (Å²) in [6, 6.07) is 11.9. The Morgan fingerprint density at radius 1 is 1.03 bits per heavy atom. The van der Waals surface area contributed by atoms with Crippen LogP contribution in [0.5, 0.6) is 11.5 Å². The van der Waals surface area contributed by atoms with Crippen LogP contribution in [0.4, 0.5) is 13.2 Å². The molecule has 0 radical (unpaired) electrons. The van der Waals surface area contributed by atoms with E-state index in [1.54, 1.807) is 31.2 Å². The number of amides is 1. The van der Waals surface area contributed by atoms with Gasteiger partial charge in [-0.2, -0.15) is 13.2 Å². The zero-order valence-electron chi connectivity index (χ0n) is 16.5. The van der Waals surface area contributed by atoms with E-state index in [0.29, 0.717) is 36.4 Å². The van der Waals surface area contributed by atoms with Crippen molar-refractivity contribution in [3.8, 4) is 11.5 Å². The molecule has 0 spiro atoms. The molecule has 0 aromatic heterocycles. The summed E-state index contributed by atoms with van der Waals surface area (Å²) in [6.45, 7) is 6.27. The van der Waals surface area contributed by atoms with Crippen LogP contribution in [0.15, 0.2) is 54.6 Å². The fourth-order valence-electron chi connectivity index (χ4n) is 2.75. The molecular formula is C22H24F3NO3. The van der Waals surface area contributed by atoms with E-state index >= 15 is 0 Å². The molecule has 0 bridgehead atoms. The molecule has 0 aliphatic rings. The number of rotatable bonds is 8. The minimum atomic E-state index is -4.65. The van der Waals surface area contributed by atoms with E-state index in [1.807, 2.05) is 13.8 Å². The zero-order chi connectivity index (χ0) is 21.4. The Hall–Kier alpha value is -2.96. The summed E-state index contributed by atoms with van der Waals surface area (Å²) in [7, 11) is 0. The highest BCUT2D eigenvalue weighted by Crippen LogP contribution is 2.34. The van der Waals surface area contributed by atoms with Crippen molar-refractivity contribution in [3.63, 3.8) is 0 Å². The molecule has 0 saturated carbocycles. The van der Waals surface area contributed by atoms with Crippen LogP contribution in [0.1, 0.15) is 37.9 Å². The minimum absolute atomic E-state index is 0.0671. The van der Waals surface area contributed by atoms with Gasteiger partial charge in [-0.3, -0.25) is 4.79 Å². The van der Waals surface area contributed by atoms with Crippen molar-refractivity contribution >= 4 is 11.5 Å². The summed E-state index contributed by atoms with van der Waals surface area (Å²) in [5.41, 5.74) is -0.376. The van der Waals surface area contributed by atoms with Gasteiger partial charge in [0.25, 0.3) is 0 Å². The average Bonchev–Trinajstić information content (AvgIpc) is 2.67. The van der Waals surface area contributed by atoms with Crippen LogP contribution in [0.2, 0.25) is 0 Å². The molecule has 0 aliphatic carbocycles. The van der Waals surface area contributed by atoms with Gasteiger partial charge in [0.2, 0.25) is 5.91 Å². The lowest BCUT2D eigenvalue weighted by Crippen LogP contribution is -2.26. The number of halogens is 3. The van der Waals surface area contributed by atoms with Crippen LogP contribution in [-0.4, -0.2) is 25.3 Å². The topological polar surface area (TPSA) is 47.6 Å². The summed E-state index contributed by atoms with van der Waals surface area (Å²) >= 11 is 0. The van der Waals surface area contributed by atoms with Crippen LogP contribution in [0.3, 0.4) is 0 Å². The first-order valence-corrected chi connectivity index (χ1v) is 9.30. The second kappa shape index (κ2) is 10.0. The summed E-state index contributed by atoms with van der Waals surface area (Å²) in [6.07, 6.45) is -4.06. The number of alkyl halides is 3. The standard InChI is InChI=1S/C22H24F3NO3/c1-4-28-19-12-11-17(13-20(19)29-5-2)15(3)26-21(27)14-18(22(23,24)25)16-9-7-6-8-10-16/h6-15H,4-5H2,1-3H3,(H,26,27)/b18-14-. The van der Waals surface area contributed by atoms with Crippen molar-refractivity contribution in [3.05, 3.63) is 65.7 Å². The highest BCUT2D eigenvalue weighted by atomic mass is 19.4. The van der Waals surface area contributed by atoms with E-state index in [1.165, 1.54) is 24.3 Å². The van der Waals surface area contributed by atoms with Crippen molar-refractivity contribution in [2.75, 3.05) is 13.2 Å². The molecule has 2 aromatic carbocycles. The van der Waals surface area contributed by atoms with E-state index in [2.05, 4.69) is 5.32 Å². The van der Waals surface area contributed by atoms with Gasteiger partial charge in [0.1, 0.15) is 0 Å². The number of hydrogen-bond acceptors (Lipinski definition) is 3. The van der Waals surface area contributed by atoms with Crippen molar-refractivity contribution < 1.29 is 27.4 Å². The molecule has 1 amide bonds. The fraction of sp³-hybridized carbons (Fsp3) is 0.318. The Morgan fingerprint density at radius 2 is 1.66 bits per heavy atom. The Balaban J connectivity index is 2.22. The van der Waals surface area contributed by atoms with Gasteiger partial charge in [-0.25, -0.2) is 0 Å². The van der Waals surface area contributed by atoms with Gasteiger partial charge in [0, 0.05) is 6.08 Å². The summed E-state index contributed by atoms with van der Waals surface area (Å²) in [5.74, 6) is 0.254. The van der Waals surface area contributed by atoms with E-state index in [9.17, 15) is 18.0 Å². The quantitative estimate of drug-likeness (QED) is 0.604. The largest absolute Gasteiger partial charge is 0.490 e. The number of carbonyl (C=O) groups is 1. The van der Waals surface area contributed by atoms with E-state index in [0.717, 1.165) is 0 Å². The van der Waals surface area contributed by atoms with Gasteiger partial charge >= 0.3 is 6.18 Å². The normalized spacial score (nSPS) is 13.0. The average molecular weight is 407 g/mol. The zero-order valence-corrected chi connectivity index (χ0v) is 16.5. The second-order valence-electron chi connectivity index (χ2n) is 6.22. The number of carbonyl (C=O) groups excluding carboxylic acids is 1. The summed E-state index contributed by atoms with van der Waals surface area (Å²) < 4.78 is 51.3. The van der Waals surface area contributed by atoms with Crippen molar-refractivity contribution in [1.82, 2.24) is 5.32 Å². The van der Waals surface area contributed by atoms with Gasteiger partial charge in [-0.15, -0.1) is 0 Å². The second-order valence-corrected chi connectivity index (χ2v) is 6.22. The highest BCUT2D eigenvalue weighted by molar-refractivity contribution is 5.96. The van der Waals surface area contributed by atoms with Crippen molar-refractivity contribution in [2.24, 2.45) is 0 Å². The molecule has 1 atom stereocenters. The first-order valence-electron chi connectivity index (χ1n) is 9.30. The maximum Gasteiger partial charge on any atom is 0.417 e. The molecule has 29 heavy (non-hydrogen) atoms. The fourth-order valence-corrected chi connectivity index (χ4v) is 2.75. The van der Waals surface area contributed by atoms with Crippen LogP contribution in [0.25, 0.3) is 5.57 Å². The summed E-state index contributed by atoms with van der Waals surface area (Å²) in [4.78, 5) is 12.3. The predicted molar refractivity (Wildman–Crippen MR) is 106 cm³/mol. The maximum atomic E-state index is 13.4. The number of nitrogens with one attached hydrogen (secondary N) is 1. The van der Waals surface area contributed by atoms with E-state index in [-0.39, 0.29) is 5.56 Å². The lowest BCUT2D eigenvalue weighted by Gasteiger charge is -2.18. The third kappa shape index (κ3) is 6.27. The molecule has 0 fully saturated rings. The van der Waals surface area contributed by atoms with Crippen LogP contribution >= 0.6 is 0 Å². The molecule has 4 nitrogen and oxygen atoms in total. The first kappa shape index (κ1) is 22.3. The van der Waals surface area contributed by atoms with Gasteiger partial charge in [-0.1, -0.05) is 36.4 Å². The van der Waals surface area contributed by atoms with Crippen LogP contribution in [0, 0.1) is 0 Å². The van der Waals surface area contributed by atoms with Gasteiger partial charge < -0.3 is 14.8 Å². The lowest BCUT2D eigenvalue weighted by molar-refractivity contribution is -0.117. The SMILES string of the molecule is CCOc1ccc(C(C)NC(=O)/C=C(/c2ccccc2)C(F)(F)F)cc1OCC. The molecule has 1 N–H and O–H groups in total. The number of ether oxygens (including phenoxy) is 2. The van der Waals surface area contributed by atoms with Gasteiger partial charge in [0.15, 0.2) is 11.5 Å². The third-order valence-corrected chi connectivity index (χ3v) is 4.09. The molecular weight excluding hydrogens is 383 g/mol. The van der Waals surface area contributed by atoms with Gasteiger partial charge in [0.05, 0.1) is 24.8 Å². The molecule has 0 aliphatic heterocycles. The number of allylic oxidation sites excluding steroid dienone is 1. The van der Waals surface area contributed by atoms with Crippen LogP contribution < -0.4 is 14.8 Å². The first-order chi connectivity index (χ1) is 13.8. The minimum Gasteiger partial charge on any atom is -0.490 e. The van der Waals surface area contributed by atoms with Crippen molar-refractivity contribution in [1.29, 1.82) is 0 Å². The van der Waals surface area contributed by atoms with Crippen molar-refractivity contribution in [2.45, 2.75) is 33.0 Å². The predicted octanol–water partition coefficient (Wildman–Crippen LogP) is 5.31.